The van der Waals surface area contributed by atoms with Crippen LogP contribution in [0.4, 0.5) is 5.69 Å². The second-order valence-electron chi connectivity index (χ2n) is 6.51. The van der Waals surface area contributed by atoms with Crippen LogP contribution in [0.3, 0.4) is 0 Å². The van der Waals surface area contributed by atoms with Gasteiger partial charge in [-0.25, -0.2) is 0 Å². The number of carbonyl (C=O) groups is 2. The van der Waals surface area contributed by atoms with Crippen molar-refractivity contribution in [1.29, 1.82) is 0 Å². The van der Waals surface area contributed by atoms with Crippen molar-refractivity contribution < 1.29 is 9.59 Å². The van der Waals surface area contributed by atoms with E-state index < -0.39 is 11.8 Å². The Bertz CT molecular complexity index is 1200. The van der Waals surface area contributed by atoms with Crippen LogP contribution >= 0.6 is 28.1 Å². The summed E-state index contributed by atoms with van der Waals surface area (Å²) in [4.78, 5) is 27.1. The molecule has 0 aliphatic carbocycles. The highest BCUT2D eigenvalue weighted by Gasteiger charge is 2.35. The number of rotatable bonds is 2. The number of fused-ring (bicyclic) bond motifs is 1. The summed E-state index contributed by atoms with van der Waals surface area (Å²) in [5.41, 5.74) is 3.49. The lowest BCUT2D eigenvalue weighted by Gasteiger charge is -2.29. The zero-order valence-corrected chi connectivity index (χ0v) is 17.6. The molecule has 1 fully saturated rings. The molecular formula is C21H16BrN3O2S. The first-order chi connectivity index (χ1) is 13.4. The summed E-state index contributed by atoms with van der Waals surface area (Å²) in [5.74, 6) is -0.937. The van der Waals surface area contributed by atoms with Gasteiger partial charge in [-0.2, -0.15) is 0 Å². The van der Waals surface area contributed by atoms with Gasteiger partial charge >= 0.3 is 0 Å². The molecule has 2 heterocycles. The summed E-state index contributed by atoms with van der Waals surface area (Å²) >= 11 is 8.66. The lowest BCUT2D eigenvalue weighted by Crippen LogP contribution is -2.54. The third-order valence-electron chi connectivity index (χ3n) is 4.91. The second-order valence-corrected chi connectivity index (χ2v) is 7.82. The molecule has 1 aromatic heterocycles. The van der Waals surface area contributed by atoms with E-state index in [0.29, 0.717) is 5.69 Å². The molecule has 0 spiro atoms. The molecule has 0 unspecified atom stereocenters. The van der Waals surface area contributed by atoms with Crippen LogP contribution in [-0.2, 0) is 16.6 Å². The first-order valence-electron chi connectivity index (χ1n) is 8.59. The van der Waals surface area contributed by atoms with E-state index in [0.717, 1.165) is 26.6 Å². The number of hydrogen-bond donors (Lipinski definition) is 1. The number of anilines is 1. The fraction of sp³-hybridized carbons (Fsp3) is 0.0952. The SMILES string of the molecule is Cc1c(C=C2C(=O)NC(=S)N(c3cccc(Br)c3)C2=O)c2ccccc2n1C. The molecule has 7 heteroatoms. The molecule has 28 heavy (non-hydrogen) atoms. The van der Waals surface area contributed by atoms with Crippen LogP contribution in [0.15, 0.2) is 58.6 Å². The predicted octanol–water partition coefficient (Wildman–Crippen LogP) is 4.08. The number of nitrogens with zero attached hydrogens (tertiary/aromatic N) is 2. The maximum atomic E-state index is 13.2. The Labute approximate surface area is 175 Å². The van der Waals surface area contributed by atoms with Gasteiger partial charge in [0.1, 0.15) is 5.57 Å². The van der Waals surface area contributed by atoms with E-state index in [9.17, 15) is 9.59 Å². The molecule has 0 saturated carbocycles. The fourth-order valence-electron chi connectivity index (χ4n) is 3.38. The smallest absolute Gasteiger partial charge is 0.270 e. The van der Waals surface area contributed by atoms with Gasteiger partial charge in [0.05, 0.1) is 5.69 Å². The van der Waals surface area contributed by atoms with E-state index in [4.69, 9.17) is 12.2 Å². The minimum Gasteiger partial charge on any atom is -0.347 e. The van der Waals surface area contributed by atoms with E-state index in [1.165, 1.54) is 4.90 Å². The lowest BCUT2D eigenvalue weighted by molar-refractivity contribution is -0.122. The summed E-state index contributed by atoms with van der Waals surface area (Å²) in [6.07, 6.45) is 1.65. The maximum absolute atomic E-state index is 13.2. The van der Waals surface area contributed by atoms with Crippen LogP contribution in [0.2, 0.25) is 0 Å². The van der Waals surface area contributed by atoms with Crippen molar-refractivity contribution in [3.63, 3.8) is 0 Å². The van der Waals surface area contributed by atoms with Gasteiger partial charge in [0, 0.05) is 33.7 Å². The number of carbonyl (C=O) groups excluding carboxylic acids is 2. The summed E-state index contributed by atoms with van der Waals surface area (Å²) < 4.78 is 2.86. The van der Waals surface area contributed by atoms with Crippen LogP contribution in [0.1, 0.15) is 11.3 Å². The van der Waals surface area contributed by atoms with Crippen molar-refractivity contribution in [3.05, 3.63) is 69.8 Å². The number of thiocarbonyl (C=S) groups is 1. The van der Waals surface area contributed by atoms with Gasteiger partial charge in [0.15, 0.2) is 5.11 Å². The van der Waals surface area contributed by atoms with Gasteiger partial charge in [-0.15, -0.1) is 0 Å². The highest BCUT2D eigenvalue weighted by atomic mass is 79.9. The van der Waals surface area contributed by atoms with Gasteiger partial charge in [0.25, 0.3) is 11.8 Å². The molecule has 2 aromatic carbocycles. The Morgan fingerprint density at radius 1 is 1.11 bits per heavy atom. The minimum absolute atomic E-state index is 0.0491. The molecule has 140 valence electrons. The van der Waals surface area contributed by atoms with Crippen molar-refractivity contribution in [2.24, 2.45) is 7.05 Å². The van der Waals surface area contributed by atoms with Crippen LogP contribution < -0.4 is 10.2 Å². The molecule has 0 atom stereocenters. The van der Waals surface area contributed by atoms with Crippen molar-refractivity contribution in [3.8, 4) is 0 Å². The van der Waals surface area contributed by atoms with E-state index in [1.54, 1.807) is 18.2 Å². The van der Waals surface area contributed by atoms with Gasteiger partial charge in [-0.05, 0) is 49.5 Å². The largest absolute Gasteiger partial charge is 0.347 e. The predicted molar refractivity (Wildman–Crippen MR) is 118 cm³/mol. The van der Waals surface area contributed by atoms with Crippen molar-refractivity contribution in [1.82, 2.24) is 9.88 Å². The Morgan fingerprint density at radius 2 is 1.86 bits per heavy atom. The molecule has 0 bridgehead atoms. The molecule has 4 rings (SSSR count). The average molecular weight is 454 g/mol. The van der Waals surface area contributed by atoms with Crippen LogP contribution in [0.5, 0.6) is 0 Å². The molecule has 1 aliphatic rings. The van der Waals surface area contributed by atoms with Gasteiger partial charge in [-0.1, -0.05) is 40.2 Å². The Kier molecular flexibility index (Phi) is 4.64. The molecule has 0 radical (unpaired) electrons. The first kappa shape index (κ1) is 18.6. The van der Waals surface area contributed by atoms with Crippen molar-refractivity contribution in [2.75, 3.05) is 4.90 Å². The Balaban J connectivity index is 1.86. The third-order valence-corrected chi connectivity index (χ3v) is 5.68. The van der Waals surface area contributed by atoms with Crippen molar-refractivity contribution in [2.45, 2.75) is 6.92 Å². The monoisotopic (exact) mass is 453 g/mol. The number of nitrogens with one attached hydrogen (secondary N) is 1. The van der Waals surface area contributed by atoms with E-state index >= 15 is 0 Å². The Morgan fingerprint density at radius 3 is 2.61 bits per heavy atom. The zero-order chi connectivity index (χ0) is 20.0. The number of amides is 2. The van der Waals surface area contributed by atoms with E-state index in [1.807, 2.05) is 54.9 Å². The minimum atomic E-state index is -0.492. The standard InChI is InChI=1S/C21H16BrN3O2S/c1-12-16(15-8-3-4-9-18(15)24(12)2)11-17-19(26)23-21(28)25(20(17)27)14-7-5-6-13(22)10-14/h3-11H,1-2H3,(H,23,26,28). The number of aryl methyl sites for hydroxylation is 1. The number of hydrogen-bond acceptors (Lipinski definition) is 3. The van der Waals surface area contributed by atoms with E-state index in [2.05, 4.69) is 21.2 Å². The second kappa shape index (κ2) is 7.00. The summed E-state index contributed by atoms with van der Waals surface area (Å²) in [6.45, 7) is 1.97. The topological polar surface area (TPSA) is 54.3 Å². The average Bonchev–Trinajstić information content (AvgIpc) is 2.90. The molecular weight excluding hydrogens is 438 g/mol. The molecule has 1 N–H and O–H groups in total. The highest BCUT2D eigenvalue weighted by Crippen LogP contribution is 2.29. The Hall–Kier alpha value is -2.77. The zero-order valence-electron chi connectivity index (χ0n) is 15.2. The summed E-state index contributed by atoms with van der Waals surface area (Å²) in [6, 6.07) is 15.1. The summed E-state index contributed by atoms with van der Waals surface area (Å²) in [7, 11) is 1.96. The molecule has 5 nitrogen and oxygen atoms in total. The van der Waals surface area contributed by atoms with Gasteiger partial charge in [0.2, 0.25) is 0 Å². The molecule has 3 aromatic rings. The van der Waals surface area contributed by atoms with Crippen LogP contribution in [-0.4, -0.2) is 21.5 Å². The van der Waals surface area contributed by atoms with Crippen LogP contribution in [0, 0.1) is 6.92 Å². The van der Waals surface area contributed by atoms with E-state index in [-0.39, 0.29) is 10.7 Å². The van der Waals surface area contributed by atoms with Gasteiger partial charge < -0.3 is 4.57 Å². The lowest BCUT2D eigenvalue weighted by atomic mass is 10.0. The molecule has 2 amide bonds. The third kappa shape index (κ3) is 2.96. The number of aromatic nitrogens is 1. The van der Waals surface area contributed by atoms with Crippen molar-refractivity contribution >= 4 is 67.7 Å². The highest BCUT2D eigenvalue weighted by molar-refractivity contribution is 9.10. The maximum Gasteiger partial charge on any atom is 0.270 e. The quantitative estimate of drug-likeness (QED) is 0.361. The summed E-state index contributed by atoms with van der Waals surface area (Å²) in [5, 5.41) is 3.68. The first-order valence-corrected chi connectivity index (χ1v) is 9.79. The number of para-hydroxylation sites is 1. The number of benzene rings is 2. The fourth-order valence-corrected chi connectivity index (χ4v) is 4.05. The molecule has 1 saturated heterocycles. The van der Waals surface area contributed by atoms with Gasteiger partial charge in [-0.3, -0.25) is 19.8 Å². The molecule has 1 aliphatic heterocycles. The normalized spacial score (nSPS) is 16.2. The van der Waals surface area contributed by atoms with Crippen LogP contribution in [0.25, 0.3) is 17.0 Å². The number of halogens is 1.